The van der Waals surface area contributed by atoms with Crippen molar-refractivity contribution in [2.75, 3.05) is 45.8 Å². The normalized spacial score (nSPS) is 24.3. The maximum atomic E-state index is 3.60. The fourth-order valence-electron chi connectivity index (χ4n) is 3.59. The van der Waals surface area contributed by atoms with Gasteiger partial charge in [-0.1, -0.05) is 6.92 Å². The van der Waals surface area contributed by atoms with E-state index in [1.165, 1.54) is 84.3 Å². The second-order valence-corrected chi connectivity index (χ2v) is 6.94. The number of rotatable bonds is 8. The Bertz CT molecular complexity index is 243. The van der Waals surface area contributed by atoms with Crippen molar-refractivity contribution in [1.82, 2.24) is 15.1 Å². The minimum absolute atomic E-state index is 0.678. The van der Waals surface area contributed by atoms with Gasteiger partial charge in [-0.25, -0.2) is 0 Å². The van der Waals surface area contributed by atoms with E-state index in [2.05, 4.69) is 29.0 Å². The molecule has 2 rings (SSSR count). The maximum absolute atomic E-state index is 3.60. The molecule has 118 valence electrons. The van der Waals surface area contributed by atoms with Crippen molar-refractivity contribution in [3.63, 3.8) is 0 Å². The largest absolute Gasteiger partial charge is 0.314 e. The molecule has 20 heavy (non-hydrogen) atoms. The van der Waals surface area contributed by atoms with Crippen LogP contribution in [0.3, 0.4) is 0 Å². The average Bonchev–Trinajstić information content (AvgIpc) is 2.97. The number of piperidine rings is 1. The summed E-state index contributed by atoms with van der Waals surface area (Å²) < 4.78 is 0. The second-order valence-electron chi connectivity index (χ2n) is 6.94. The molecule has 3 nitrogen and oxygen atoms in total. The summed E-state index contributed by atoms with van der Waals surface area (Å²) in [4.78, 5) is 5.38. The first-order valence-corrected chi connectivity index (χ1v) is 8.96. The minimum Gasteiger partial charge on any atom is -0.314 e. The van der Waals surface area contributed by atoms with Crippen LogP contribution < -0.4 is 5.32 Å². The highest BCUT2D eigenvalue weighted by atomic mass is 15.2. The third kappa shape index (κ3) is 5.71. The van der Waals surface area contributed by atoms with Crippen molar-refractivity contribution < 1.29 is 0 Å². The van der Waals surface area contributed by atoms with Gasteiger partial charge in [-0.05, 0) is 90.6 Å². The summed E-state index contributed by atoms with van der Waals surface area (Å²) in [5, 5.41) is 3.60. The van der Waals surface area contributed by atoms with Gasteiger partial charge >= 0.3 is 0 Å². The van der Waals surface area contributed by atoms with E-state index in [9.17, 15) is 0 Å². The van der Waals surface area contributed by atoms with Crippen molar-refractivity contribution >= 4 is 0 Å². The van der Waals surface area contributed by atoms with Crippen LogP contribution in [0, 0.1) is 5.92 Å². The van der Waals surface area contributed by atoms with E-state index in [4.69, 9.17) is 0 Å². The number of nitrogens with zero attached hydrogens (tertiary/aromatic N) is 2. The quantitative estimate of drug-likeness (QED) is 0.738. The van der Waals surface area contributed by atoms with E-state index in [1.54, 1.807) is 0 Å². The van der Waals surface area contributed by atoms with E-state index in [0.29, 0.717) is 6.04 Å². The molecule has 3 heteroatoms. The molecule has 0 radical (unpaired) electrons. The van der Waals surface area contributed by atoms with Crippen LogP contribution in [0.4, 0.5) is 0 Å². The van der Waals surface area contributed by atoms with Gasteiger partial charge in [-0.3, -0.25) is 0 Å². The first-order valence-electron chi connectivity index (χ1n) is 8.96. The Morgan fingerprint density at radius 1 is 1.05 bits per heavy atom. The lowest BCUT2D eigenvalue weighted by molar-refractivity contribution is 0.150. The summed E-state index contributed by atoms with van der Waals surface area (Å²) in [5.41, 5.74) is 0. The monoisotopic (exact) mass is 281 g/mol. The van der Waals surface area contributed by atoms with Crippen molar-refractivity contribution in [1.29, 1.82) is 0 Å². The van der Waals surface area contributed by atoms with Crippen LogP contribution in [0.15, 0.2) is 0 Å². The van der Waals surface area contributed by atoms with Gasteiger partial charge in [0.25, 0.3) is 0 Å². The zero-order valence-electron chi connectivity index (χ0n) is 13.7. The molecule has 0 saturated carbocycles. The zero-order valence-corrected chi connectivity index (χ0v) is 13.7. The number of nitrogens with one attached hydrogen (secondary N) is 1. The van der Waals surface area contributed by atoms with E-state index in [1.807, 2.05) is 0 Å². The summed E-state index contributed by atoms with van der Waals surface area (Å²) in [6.45, 7) is 13.8. The molecule has 2 aliphatic rings. The molecule has 0 aromatic heterocycles. The zero-order chi connectivity index (χ0) is 14.2. The molecule has 0 spiro atoms. The lowest BCUT2D eigenvalue weighted by atomic mass is 9.96. The highest BCUT2D eigenvalue weighted by molar-refractivity contribution is 4.77. The van der Waals surface area contributed by atoms with Crippen LogP contribution in [0.2, 0.25) is 0 Å². The van der Waals surface area contributed by atoms with Crippen molar-refractivity contribution in [3.05, 3.63) is 0 Å². The Hall–Kier alpha value is -0.120. The molecule has 1 unspecified atom stereocenters. The topological polar surface area (TPSA) is 18.5 Å². The molecule has 2 saturated heterocycles. The molecule has 0 aromatic rings. The molecule has 1 atom stereocenters. The van der Waals surface area contributed by atoms with Crippen molar-refractivity contribution in [2.24, 2.45) is 5.92 Å². The SMILES string of the molecule is CCCNC(C)CCN1CCC(CN2CCCC2)CC1. The third-order valence-corrected chi connectivity index (χ3v) is 5.04. The number of likely N-dealkylation sites (tertiary alicyclic amines) is 2. The number of hydrogen-bond acceptors (Lipinski definition) is 3. The van der Waals surface area contributed by atoms with Crippen LogP contribution in [-0.4, -0.2) is 61.7 Å². The highest BCUT2D eigenvalue weighted by Crippen LogP contribution is 2.20. The van der Waals surface area contributed by atoms with Gasteiger partial charge in [0.1, 0.15) is 0 Å². The molecule has 2 heterocycles. The standard InChI is InChI=1S/C17H35N3/c1-3-9-18-16(2)6-12-19-13-7-17(8-14-19)15-20-10-4-5-11-20/h16-18H,3-15H2,1-2H3. The maximum Gasteiger partial charge on any atom is 0.00508 e. The summed E-state index contributed by atoms with van der Waals surface area (Å²) in [5.74, 6) is 0.972. The van der Waals surface area contributed by atoms with Crippen LogP contribution in [0.25, 0.3) is 0 Å². The van der Waals surface area contributed by atoms with Gasteiger partial charge in [0.15, 0.2) is 0 Å². The van der Waals surface area contributed by atoms with Gasteiger partial charge in [0.05, 0.1) is 0 Å². The Morgan fingerprint density at radius 2 is 1.75 bits per heavy atom. The fourth-order valence-corrected chi connectivity index (χ4v) is 3.59. The van der Waals surface area contributed by atoms with Gasteiger partial charge in [0, 0.05) is 12.6 Å². The van der Waals surface area contributed by atoms with Gasteiger partial charge in [-0.2, -0.15) is 0 Å². The molecular weight excluding hydrogens is 246 g/mol. The predicted molar refractivity (Wildman–Crippen MR) is 87.2 cm³/mol. The van der Waals surface area contributed by atoms with Gasteiger partial charge in [0.2, 0.25) is 0 Å². The van der Waals surface area contributed by atoms with Crippen molar-refractivity contribution in [3.8, 4) is 0 Å². The minimum atomic E-state index is 0.678. The summed E-state index contributed by atoms with van der Waals surface area (Å²) in [6, 6.07) is 0.678. The molecule has 0 bridgehead atoms. The van der Waals surface area contributed by atoms with E-state index >= 15 is 0 Å². The lowest BCUT2D eigenvalue weighted by Crippen LogP contribution is -2.40. The van der Waals surface area contributed by atoms with Crippen molar-refractivity contribution in [2.45, 2.75) is 58.4 Å². The summed E-state index contributed by atoms with van der Waals surface area (Å²) >= 11 is 0. The number of hydrogen-bond donors (Lipinski definition) is 1. The van der Waals surface area contributed by atoms with Crippen LogP contribution in [-0.2, 0) is 0 Å². The molecule has 2 fully saturated rings. The van der Waals surface area contributed by atoms with Gasteiger partial charge < -0.3 is 15.1 Å². The molecule has 0 amide bonds. The molecule has 2 aliphatic heterocycles. The molecular formula is C17H35N3. The molecule has 1 N–H and O–H groups in total. The first kappa shape index (κ1) is 16.3. The smallest absolute Gasteiger partial charge is 0.00508 e. The van der Waals surface area contributed by atoms with Crippen LogP contribution >= 0.6 is 0 Å². The third-order valence-electron chi connectivity index (χ3n) is 5.04. The molecule has 0 aromatic carbocycles. The molecule has 0 aliphatic carbocycles. The van der Waals surface area contributed by atoms with Crippen LogP contribution in [0.5, 0.6) is 0 Å². The second kappa shape index (κ2) is 9.01. The van der Waals surface area contributed by atoms with Gasteiger partial charge in [-0.15, -0.1) is 0 Å². The Balaban J connectivity index is 1.54. The lowest BCUT2D eigenvalue weighted by Gasteiger charge is -2.34. The summed E-state index contributed by atoms with van der Waals surface area (Å²) in [6.07, 6.45) is 8.26. The predicted octanol–water partition coefficient (Wildman–Crippen LogP) is 2.57. The average molecular weight is 281 g/mol. The van der Waals surface area contributed by atoms with Crippen LogP contribution in [0.1, 0.15) is 52.4 Å². The van der Waals surface area contributed by atoms with E-state index in [-0.39, 0.29) is 0 Å². The van der Waals surface area contributed by atoms with E-state index in [0.717, 1.165) is 5.92 Å². The Morgan fingerprint density at radius 3 is 2.40 bits per heavy atom. The highest BCUT2D eigenvalue weighted by Gasteiger charge is 2.22. The Kier molecular flexibility index (Phi) is 7.32. The van der Waals surface area contributed by atoms with E-state index < -0.39 is 0 Å². The summed E-state index contributed by atoms with van der Waals surface area (Å²) in [7, 11) is 0. The Labute approximate surface area is 126 Å². The first-order chi connectivity index (χ1) is 9.78. The fraction of sp³-hybridized carbons (Fsp3) is 1.00.